The zero-order chi connectivity index (χ0) is 19.4. The SMILES string of the molecule is CCOP(O)OCC.COc1ccc(C(=O)c2ccc(OC)cc2)cc1. The molecule has 0 aromatic heterocycles. The lowest BCUT2D eigenvalue weighted by Gasteiger charge is -2.05. The Morgan fingerprint density at radius 3 is 1.42 bits per heavy atom. The van der Waals surface area contributed by atoms with E-state index in [2.05, 4.69) is 9.05 Å². The molecule has 6 nitrogen and oxygen atoms in total. The highest BCUT2D eigenvalue weighted by atomic mass is 31.2. The largest absolute Gasteiger partial charge is 0.497 e. The Bertz CT molecular complexity index is 587. The van der Waals surface area contributed by atoms with Crippen molar-refractivity contribution in [1.82, 2.24) is 0 Å². The summed E-state index contributed by atoms with van der Waals surface area (Å²) in [6.07, 6.45) is 0. The molecule has 0 atom stereocenters. The maximum atomic E-state index is 12.2. The molecule has 2 rings (SSSR count). The average Bonchev–Trinajstić information content (AvgIpc) is 2.68. The van der Waals surface area contributed by atoms with Gasteiger partial charge >= 0.3 is 8.60 Å². The number of rotatable bonds is 8. The highest BCUT2D eigenvalue weighted by Gasteiger charge is 2.09. The van der Waals surface area contributed by atoms with E-state index in [4.69, 9.17) is 14.4 Å². The van der Waals surface area contributed by atoms with Gasteiger partial charge in [-0.2, -0.15) is 0 Å². The van der Waals surface area contributed by atoms with E-state index < -0.39 is 8.60 Å². The van der Waals surface area contributed by atoms with Crippen molar-refractivity contribution in [3.05, 3.63) is 59.7 Å². The van der Waals surface area contributed by atoms with Crippen LogP contribution in [0.25, 0.3) is 0 Å². The van der Waals surface area contributed by atoms with Crippen molar-refractivity contribution in [2.75, 3.05) is 27.4 Å². The topological polar surface area (TPSA) is 74.2 Å². The average molecular weight is 380 g/mol. The Hall–Kier alpha value is -1.98. The summed E-state index contributed by atoms with van der Waals surface area (Å²) in [5, 5.41) is 0. The molecule has 0 spiro atoms. The number of benzene rings is 2. The van der Waals surface area contributed by atoms with Crippen LogP contribution in [0, 0.1) is 0 Å². The number of carbonyl (C=O) groups excluding carboxylic acids is 1. The molecule has 0 radical (unpaired) electrons. The van der Waals surface area contributed by atoms with Crippen LogP contribution in [0.2, 0.25) is 0 Å². The van der Waals surface area contributed by atoms with Crippen molar-refractivity contribution in [2.45, 2.75) is 13.8 Å². The highest BCUT2D eigenvalue weighted by Crippen LogP contribution is 2.31. The van der Waals surface area contributed by atoms with Crippen LogP contribution in [-0.4, -0.2) is 38.1 Å². The number of methoxy groups -OCH3 is 2. The first-order chi connectivity index (χ1) is 12.5. The van der Waals surface area contributed by atoms with Gasteiger partial charge < -0.3 is 23.4 Å². The molecule has 0 fully saturated rings. The molecule has 142 valence electrons. The van der Waals surface area contributed by atoms with Crippen molar-refractivity contribution >= 4 is 14.4 Å². The van der Waals surface area contributed by atoms with E-state index in [0.717, 1.165) is 11.5 Å². The van der Waals surface area contributed by atoms with E-state index in [1.807, 2.05) is 13.8 Å². The summed E-state index contributed by atoms with van der Waals surface area (Å²) in [4.78, 5) is 20.8. The van der Waals surface area contributed by atoms with Gasteiger partial charge in [-0.05, 0) is 62.4 Å². The van der Waals surface area contributed by atoms with Gasteiger partial charge in [0.1, 0.15) is 11.5 Å². The molecule has 0 bridgehead atoms. The molecule has 0 unspecified atom stereocenters. The molecule has 0 saturated heterocycles. The van der Waals surface area contributed by atoms with Gasteiger partial charge in [-0.3, -0.25) is 4.79 Å². The summed E-state index contributed by atoms with van der Waals surface area (Å²) in [7, 11) is 1.61. The zero-order valence-corrected chi connectivity index (χ0v) is 16.4. The van der Waals surface area contributed by atoms with Crippen molar-refractivity contribution in [3.63, 3.8) is 0 Å². The second-order valence-corrected chi connectivity index (χ2v) is 5.85. The van der Waals surface area contributed by atoms with Crippen LogP contribution in [-0.2, 0) is 9.05 Å². The summed E-state index contributed by atoms with van der Waals surface area (Å²) in [6.45, 7) is 4.62. The summed E-state index contributed by atoms with van der Waals surface area (Å²) < 4.78 is 19.5. The molecule has 1 N–H and O–H groups in total. The molecule has 7 heteroatoms. The van der Waals surface area contributed by atoms with Gasteiger partial charge in [-0.1, -0.05) is 0 Å². The Kier molecular flexibility index (Phi) is 10.5. The molecule has 0 heterocycles. The van der Waals surface area contributed by atoms with E-state index >= 15 is 0 Å². The molecule has 0 aliphatic carbocycles. The third-order valence-corrected chi connectivity index (χ3v) is 4.14. The van der Waals surface area contributed by atoms with E-state index in [1.54, 1.807) is 62.8 Å². The quantitative estimate of drug-likeness (QED) is 0.546. The summed E-state index contributed by atoms with van der Waals surface area (Å²) in [6, 6.07) is 14.1. The van der Waals surface area contributed by atoms with Crippen molar-refractivity contribution in [3.8, 4) is 11.5 Å². The van der Waals surface area contributed by atoms with E-state index in [-0.39, 0.29) is 5.78 Å². The second kappa shape index (κ2) is 12.4. The predicted octanol–water partition coefficient (Wildman–Crippen LogP) is 4.21. The number of ether oxygens (including phenoxy) is 2. The zero-order valence-electron chi connectivity index (χ0n) is 15.5. The fourth-order valence-corrected chi connectivity index (χ4v) is 2.43. The van der Waals surface area contributed by atoms with Gasteiger partial charge in [0.25, 0.3) is 0 Å². The van der Waals surface area contributed by atoms with Gasteiger partial charge in [0.2, 0.25) is 0 Å². The number of ketones is 1. The van der Waals surface area contributed by atoms with E-state index in [1.165, 1.54) is 0 Å². The Morgan fingerprint density at radius 1 is 0.808 bits per heavy atom. The molecule has 0 aliphatic heterocycles. The third-order valence-electron chi connectivity index (χ3n) is 3.18. The number of hydrogen-bond donors (Lipinski definition) is 1. The smallest absolute Gasteiger partial charge is 0.329 e. The summed E-state index contributed by atoms with van der Waals surface area (Å²) in [5.74, 6) is 1.46. The van der Waals surface area contributed by atoms with Gasteiger partial charge in [0, 0.05) is 11.1 Å². The predicted molar refractivity (Wildman–Crippen MR) is 102 cm³/mol. The maximum absolute atomic E-state index is 12.2. The van der Waals surface area contributed by atoms with Crippen LogP contribution < -0.4 is 9.47 Å². The van der Waals surface area contributed by atoms with Crippen LogP contribution in [0.3, 0.4) is 0 Å². The minimum absolute atomic E-state index is 0.0136. The van der Waals surface area contributed by atoms with Crippen molar-refractivity contribution < 1.29 is 28.2 Å². The fraction of sp³-hybridized carbons (Fsp3) is 0.316. The van der Waals surface area contributed by atoms with Crippen LogP contribution in [0.1, 0.15) is 29.8 Å². The first-order valence-corrected chi connectivity index (χ1v) is 9.26. The minimum Gasteiger partial charge on any atom is -0.497 e. The lowest BCUT2D eigenvalue weighted by molar-refractivity contribution is 0.103. The maximum Gasteiger partial charge on any atom is 0.329 e. The van der Waals surface area contributed by atoms with Crippen LogP contribution in [0.5, 0.6) is 11.5 Å². The van der Waals surface area contributed by atoms with Gasteiger partial charge in [-0.15, -0.1) is 0 Å². The molecule has 0 amide bonds. The van der Waals surface area contributed by atoms with Gasteiger partial charge in [-0.25, -0.2) is 0 Å². The fourth-order valence-electron chi connectivity index (χ4n) is 1.91. The molecule has 2 aromatic carbocycles. The Balaban J connectivity index is 0.000000359. The monoisotopic (exact) mass is 380 g/mol. The highest BCUT2D eigenvalue weighted by molar-refractivity contribution is 7.40. The van der Waals surface area contributed by atoms with Crippen LogP contribution in [0.15, 0.2) is 48.5 Å². The second-order valence-electron chi connectivity index (χ2n) is 4.86. The van der Waals surface area contributed by atoms with E-state index in [9.17, 15) is 4.79 Å². The van der Waals surface area contributed by atoms with Gasteiger partial charge in [0.05, 0.1) is 27.4 Å². The summed E-state index contributed by atoms with van der Waals surface area (Å²) >= 11 is 0. The van der Waals surface area contributed by atoms with Crippen LogP contribution >= 0.6 is 8.60 Å². The molecule has 2 aromatic rings. The van der Waals surface area contributed by atoms with Crippen molar-refractivity contribution in [2.24, 2.45) is 0 Å². The van der Waals surface area contributed by atoms with E-state index in [0.29, 0.717) is 24.3 Å². The minimum atomic E-state index is -1.58. The third kappa shape index (κ3) is 7.50. The Labute approximate surface area is 155 Å². The molecule has 26 heavy (non-hydrogen) atoms. The first kappa shape index (κ1) is 22.1. The lowest BCUT2D eigenvalue weighted by atomic mass is 10.0. The summed E-state index contributed by atoms with van der Waals surface area (Å²) in [5.41, 5.74) is 1.28. The van der Waals surface area contributed by atoms with Crippen LogP contribution in [0.4, 0.5) is 0 Å². The van der Waals surface area contributed by atoms with Gasteiger partial charge in [0.15, 0.2) is 5.78 Å². The first-order valence-electron chi connectivity index (χ1n) is 8.13. The normalized spacial score (nSPS) is 10.1. The molecule has 0 saturated carbocycles. The standard InChI is InChI=1S/C15H14O3.C4H11O3P/c1-17-13-7-3-11(4-8-13)15(16)12-5-9-14(18-2)10-6-12;1-3-6-8(5)7-4-2/h3-10H,1-2H3;5H,3-4H2,1-2H3. The Morgan fingerprint density at radius 2 is 1.15 bits per heavy atom. The number of hydrogen-bond acceptors (Lipinski definition) is 6. The number of carbonyl (C=O) groups is 1. The van der Waals surface area contributed by atoms with Crippen molar-refractivity contribution in [1.29, 1.82) is 0 Å². The molecular weight excluding hydrogens is 355 g/mol. The molecule has 0 aliphatic rings. The molecular formula is C19H25O6P. The lowest BCUT2D eigenvalue weighted by Crippen LogP contribution is -2.01.